The van der Waals surface area contributed by atoms with Crippen molar-refractivity contribution in [2.45, 2.75) is 51.0 Å². The van der Waals surface area contributed by atoms with Gasteiger partial charge in [0.25, 0.3) is 0 Å². The molecule has 0 saturated carbocycles. The van der Waals surface area contributed by atoms with Crippen LogP contribution in [0.4, 0.5) is 35.0 Å². The largest absolute Gasteiger partial charge is 0.489 e. The molecule has 4 N–H and O–H groups in total. The van der Waals surface area contributed by atoms with Gasteiger partial charge in [-0.3, -0.25) is 9.88 Å². The second kappa shape index (κ2) is 12.3. The van der Waals surface area contributed by atoms with Crippen molar-refractivity contribution in [2.75, 3.05) is 55.9 Å². The smallest absolute Gasteiger partial charge is 0.418 e. The second-order valence-electron chi connectivity index (χ2n) is 12.0. The summed E-state index contributed by atoms with van der Waals surface area (Å²) in [5.41, 5.74) is 9.26. The third-order valence-electron chi connectivity index (χ3n) is 9.15. The number of aryl methyl sites for hydroxylation is 1. The van der Waals surface area contributed by atoms with Crippen LogP contribution >= 0.6 is 11.6 Å². The molecular formula is C31H32ClF4N9O3. The summed E-state index contributed by atoms with van der Waals surface area (Å²) in [6.45, 7) is 5.41. The number of aromatic nitrogens is 5. The first-order valence-electron chi connectivity index (χ1n) is 15.4. The Kier molecular flexibility index (Phi) is 8.28. The Morgan fingerprint density at radius 1 is 1.10 bits per heavy atom. The van der Waals surface area contributed by atoms with Crippen LogP contribution in [-0.4, -0.2) is 81.4 Å². The lowest BCUT2D eigenvalue weighted by Crippen LogP contribution is -2.46. The summed E-state index contributed by atoms with van der Waals surface area (Å²) in [5.74, 6) is -1.16. The van der Waals surface area contributed by atoms with Gasteiger partial charge in [0.05, 0.1) is 53.0 Å². The van der Waals surface area contributed by atoms with Gasteiger partial charge in [-0.25, -0.2) is 14.4 Å². The SMILES string of the molecule is Cc1cc(N)nc(-c2c(Cl)c3c4c(nc(OC[C@@H]5CC[C@H]6COCCN65)nc4c2F)N([C@H](C)c2nccnc2N)CCO3)c1C(F)(F)F. The van der Waals surface area contributed by atoms with Crippen molar-refractivity contribution in [2.24, 2.45) is 0 Å². The third kappa shape index (κ3) is 5.54. The molecule has 0 amide bonds. The Hall–Kier alpha value is -4.28. The van der Waals surface area contributed by atoms with Gasteiger partial charge in [-0.15, -0.1) is 0 Å². The maximum atomic E-state index is 16.9. The highest BCUT2D eigenvalue weighted by molar-refractivity contribution is 6.36. The highest BCUT2D eigenvalue weighted by atomic mass is 35.5. The van der Waals surface area contributed by atoms with E-state index in [0.29, 0.717) is 18.9 Å². The highest BCUT2D eigenvalue weighted by Gasteiger charge is 2.41. The first-order valence-corrected chi connectivity index (χ1v) is 15.8. The predicted molar refractivity (Wildman–Crippen MR) is 169 cm³/mol. The van der Waals surface area contributed by atoms with Crippen LogP contribution in [0, 0.1) is 12.7 Å². The fourth-order valence-corrected chi connectivity index (χ4v) is 7.26. The Balaban J connectivity index is 1.42. The molecule has 2 saturated heterocycles. The van der Waals surface area contributed by atoms with Gasteiger partial charge in [0.2, 0.25) is 0 Å². The predicted octanol–water partition coefficient (Wildman–Crippen LogP) is 4.97. The Labute approximate surface area is 277 Å². The normalized spacial score (nSPS) is 20.4. The molecule has 0 radical (unpaired) electrons. The summed E-state index contributed by atoms with van der Waals surface area (Å²) in [6, 6.07) is 0.662. The van der Waals surface area contributed by atoms with E-state index in [1.807, 2.05) is 6.92 Å². The number of hydrogen-bond acceptors (Lipinski definition) is 12. The summed E-state index contributed by atoms with van der Waals surface area (Å²) in [7, 11) is 0. The minimum atomic E-state index is -4.91. The topological polar surface area (TPSA) is 151 Å². The second-order valence-corrected chi connectivity index (χ2v) is 12.4. The van der Waals surface area contributed by atoms with E-state index in [0.717, 1.165) is 25.5 Å². The summed E-state index contributed by atoms with van der Waals surface area (Å²) in [4.78, 5) is 25.7. The average molecular weight is 690 g/mol. The van der Waals surface area contributed by atoms with E-state index in [9.17, 15) is 13.2 Å². The van der Waals surface area contributed by atoms with Gasteiger partial charge in [-0.05, 0) is 38.3 Å². The number of nitrogen functional groups attached to an aromatic ring is 2. The third-order valence-corrected chi connectivity index (χ3v) is 9.51. The van der Waals surface area contributed by atoms with Crippen molar-refractivity contribution in [3.63, 3.8) is 0 Å². The first-order chi connectivity index (χ1) is 22.9. The number of halogens is 5. The summed E-state index contributed by atoms with van der Waals surface area (Å²) in [6.07, 6.45) is -0.158. The van der Waals surface area contributed by atoms with E-state index >= 15 is 4.39 Å². The quantitative estimate of drug-likeness (QED) is 0.263. The van der Waals surface area contributed by atoms with Crippen LogP contribution in [0.3, 0.4) is 0 Å². The summed E-state index contributed by atoms with van der Waals surface area (Å²) < 4.78 is 78.1. The van der Waals surface area contributed by atoms with Crippen molar-refractivity contribution >= 4 is 40.0 Å². The van der Waals surface area contributed by atoms with Gasteiger partial charge in [0.1, 0.15) is 41.9 Å². The van der Waals surface area contributed by atoms with E-state index in [1.165, 1.54) is 19.3 Å². The minimum absolute atomic E-state index is 0.00699. The zero-order valence-electron chi connectivity index (χ0n) is 26.0. The van der Waals surface area contributed by atoms with Crippen molar-refractivity contribution in [1.29, 1.82) is 0 Å². The molecule has 2 fully saturated rings. The van der Waals surface area contributed by atoms with Gasteiger partial charge < -0.3 is 30.6 Å². The van der Waals surface area contributed by atoms with Crippen molar-refractivity contribution < 1.29 is 31.8 Å². The average Bonchev–Trinajstić information content (AvgIpc) is 3.35. The van der Waals surface area contributed by atoms with Crippen molar-refractivity contribution in [3.8, 4) is 23.0 Å². The van der Waals surface area contributed by atoms with Crippen molar-refractivity contribution in [1.82, 2.24) is 29.8 Å². The van der Waals surface area contributed by atoms with Crippen LogP contribution < -0.4 is 25.8 Å². The molecule has 3 atom stereocenters. The zero-order chi connectivity index (χ0) is 33.9. The summed E-state index contributed by atoms with van der Waals surface area (Å²) >= 11 is 6.78. The van der Waals surface area contributed by atoms with E-state index in [2.05, 4.69) is 24.8 Å². The molecule has 0 spiro atoms. The van der Waals surface area contributed by atoms with E-state index in [4.69, 9.17) is 42.3 Å². The standard InChI is InChI=1S/C31H32ClF4N9O3/c1-14-11-18(37)41-25(21(14)31(34,35)36)19-22(32)27-20-26(23(19)33)42-30(48-13-17-4-3-16-12-46-9-7-45(16)17)43-29(20)44(8-10-47-27)15(2)24-28(38)40-6-5-39-24/h5-6,11,15-17H,3-4,7-10,12-13H2,1-2H3,(H2,37,41)(H2,38,40)/t15-,16+,17+/m1/s1. The number of benzene rings is 1. The Morgan fingerprint density at radius 2 is 1.90 bits per heavy atom. The first kappa shape index (κ1) is 32.3. The van der Waals surface area contributed by atoms with Crippen LogP contribution in [-0.2, 0) is 10.9 Å². The van der Waals surface area contributed by atoms with E-state index in [-0.39, 0.29) is 77.5 Å². The molecule has 17 heteroatoms. The molecule has 254 valence electrons. The molecule has 3 aromatic heterocycles. The van der Waals surface area contributed by atoms with Crippen LogP contribution in [0.15, 0.2) is 18.5 Å². The van der Waals surface area contributed by atoms with Crippen LogP contribution in [0.25, 0.3) is 22.2 Å². The fraction of sp³-hybridized carbons (Fsp3) is 0.452. The van der Waals surface area contributed by atoms with Gasteiger partial charge in [-0.1, -0.05) is 11.6 Å². The lowest BCUT2D eigenvalue weighted by atomic mass is 9.98. The van der Waals surface area contributed by atoms with E-state index in [1.54, 1.807) is 4.90 Å². The molecule has 1 aromatic carbocycles. The minimum Gasteiger partial charge on any atom is -0.489 e. The lowest BCUT2D eigenvalue weighted by molar-refractivity contribution is -0.137. The number of pyridine rings is 1. The Bertz CT molecular complexity index is 1900. The number of anilines is 3. The molecule has 0 bridgehead atoms. The highest BCUT2D eigenvalue weighted by Crippen LogP contribution is 2.51. The maximum absolute atomic E-state index is 16.9. The van der Waals surface area contributed by atoms with Gasteiger partial charge in [-0.2, -0.15) is 23.1 Å². The Morgan fingerprint density at radius 3 is 2.67 bits per heavy atom. The number of nitrogens with two attached hydrogens (primary N) is 2. The molecule has 3 aliphatic heterocycles. The number of alkyl halides is 3. The number of hydrogen-bond donors (Lipinski definition) is 2. The van der Waals surface area contributed by atoms with Crippen molar-refractivity contribution in [3.05, 3.63) is 46.1 Å². The molecular weight excluding hydrogens is 658 g/mol. The molecule has 7 rings (SSSR count). The molecule has 6 heterocycles. The van der Waals surface area contributed by atoms with Gasteiger partial charge >= 0.3 is 12.2 Å². The number of fused-ring (bicyclic) bond motifs is 1. The number of rotatable bonds is 6. The van der Waals surface area contributed by atoms with E-state index < -0.39 is 39.9 Å². The molecule has 0 aliphatic carbocycles. The van der Waals surface area contributed by atoms with Crippen LogP contribution in [0.5, 0.6) is 11.8 Å². The van der Waals surface area contributed by atoms with Gasteiger partial charge in [0, 0.05) is 31.0 Å². The number of morpholine rings is 1. The monoisotopic (exact) mass is 689 g/mol. The fourth-order valence-electron chi connectivity index (χ4n) is 6.94. The molecule has 3 aliphatic rings. The van der Waals surface area contributed by atoms with Gasteiger partial charge in [0.15, 0.2) is 11.6 Å². The van der Waals surface area contributed by atoms with Crippen LogP contribution in [0.2, 0.25) is 5.02 Å². The zero-order valence-corrected chi connectivity index (χ0v) is 26.8. The lowest BCUT2D eigenvalue weighted by Gasteiger charge is -2.33. The molecule has 48 heavy (non-hydrogen) atoms. The summed E-state index contributed by atoms with van der Waals surface area (Å²) in [5, 5.41) is -0.386. The number of ether oxygens (including phenoxy) is 3. The maximum Gasteiger partial charge on any atom is 0.418 e. The number of nitrogens with zero attached hydrogens (tertiary/aromatic N) is 7. The molecule has 12 nitrogen and oxygen atoms in total. The van der Waals surface area contributed by atoms with Crippen LogP contribution in [0.1, 0.15) is 42.6 Å². The molecule has 0 unspecified atom stereocenters. The molecule has 4 aromatic rings.